The summed E-state index contributed by atoms with van der Waals surface area (Å²) in [6.45, 7) is 7.84. The molecular formula is C18H36O9. The quantitative estimate of drug-likeness (QED) is 0.192. The first-order valence-corrected chi connectivity index (χ1v) is 8.45. The molecule has 0 aromatic heterocycles. The van der Waals surface area contributed by atoms with Crippen LogP contribution < -0.4 is 0 Å². The summed E-state index contributed by atoms with van der Waals surface area (Å²) >= 11 is 0. The van der Waals surface area contributed by atoms with Crippen LogP contribution in [0.1, 0.15) is 39.0 Å². The van der Waals surface area contributed by atoms with Crippen LogP contribution in [0.5, 0.6) is 0 Å². The van der Waals surface area contributed by atoms with Gasteiger partial charge in [0.25, 0.3) is 0 Å². The number of rotatable bonds is 11. The Morgan fingerprint density at radius 1 is 0.741 bits per heavy atom. The van der Waals surface area contributed by atoms with Crippen LogP contribution in [0.2, 0.25) is 0 Å². The number of carboxylic acids is 2. The Labute approximate surface area is 160 Å². The molecule has 0 bridgehead atoms. The van der Waals surface area contributed by atoms with Crippen molar-refractivity contribution >= 4 is 11.9 Å². The van der Waals surface area contributed by atoms with Crippen molar-refractivity contribution in [3.63, 3.8) is 0 Å². The first-order valence-electron chi connectivity index (χ1n) is 8.45. The summed E-state index contributed by atoms with van der Waals surface area (Å²) in [5, 5.41) is 57.8. The van der Waals surface area contributed by atoms with Gasteiger partial charge in [-0.05, 0) is 19.3 Å². The molecule has 0 fully saturated rings. The van der Waals surface area contributed by atoms with E-state index in [9.17, 15) is 9.59 Å². The van der Waals surface area contributed by atoms with Crippen LogP contribution in [0.25, 0.3) is 0 Å². The average molecular weight is 396 g/mol. The molecule has 0 rings (SSSR count). The second kappa shape index (κ2) is 26.4. The highest BCUT2D eigenvalue weighted by Gasteiger charge is 2.24. The topological polar surface area (TPSA) is 176 Å². The molecule has 162 valence electrons. The van der Waals surface area contributed by atoms with Gasteiger partial charge in [-0.1, -0.05) is 32.9 Å². The lowest BCUT2D eigenvalue weighted by Crippen LogP contribution is -2.32. The zero-order valence-electron chi connectivity index (χ0n) is 16.1. The van der Waals surface area contributed by atoms with Gasteiger partial charge >= 0.3 is 11.9 Å². The minimum Gasteiger partial charge on any atom is -0.478 e. The van der Waals surface area contributed by atoms with Crippen molar-refractivity contribution in [2.24, 2.45) is 5.41 Å². The maximum absolute atomic E-state index is 9.25. The minimum absolute atomic E-state index is 0.156. The summed E-state index contributed by atoms with van der Waals surface area (Å²) in [5.74, 6) is -1.96. The second-order valence-electron chi connectivity index (χ2n) is 5.27. The molecule has 0 atom stereocenters. The second-order valence-corrected chi connectivity index (χ2v) is 5.27. The summed E-state index contributed by atoms with van der Waals surface area (Å²) in [5.41, 5.74) is -0.667. The third-order valence-electron chi connectivity index (χ3n) is 3.17. The fraction of sp³-hybridized carbons (Fsp3) is 0.667. The first-order chi connectivity index (χ1) is 12.7. The van der Waals surface area contributed by atoms with Gasteiger partial charge in [-0.3, -0.25) is 0 Å². The Bertz CT molecular complexity index is 311. The molecule has 0 radical (unpaired) electrons. The van der Waals surface area contributed by atoms with E-state index in [4.69, 9.17) is 35.7 Å². The van der Waals surface area contributed by atoms with Gasteiger partial charge in [0, 0.05) is 30.8 Å². The van der Waals surface area contributed by atoms with Crippen molar-refractivity contribution in [1.82, 2.24) is 0 Å². The standard InChI is InChI=1S/C6H14O3.C6H14O2.2C3H4O2/c1-2-6(3-7,4-8)5-9;7-5-3-1-2-4-6-8;2*1-2-3(4)5/h7-9H,2-5H2,1H3;7-8H,1-6H2;2*2H,1H2,(H,4,5). The van der Waals surface area contributed by atoms with Crippen LogP contribution in [-0.4, -0.2) is 80.7 Å². The predicted octanol–water partition coefficient (Wildman–Crippen LogP) is 0.405. The van der Waals surface area contributed by atoms with E-state index in [1.807, 2.05) is 6.92 Å². The normalized spacial score (nSPS) is 9.26. The largest absolute Gasteiger partial charge is 0.478 e. The number of hydrogen-bond donors (Lipinski definition) is 7. The molecule has 9 heteroatoms. The zero-order chi connectivity index (χ0) is 22.1. The van der Waals surface area contributed by atoms with Crippen molar-refractivity contribution < 1.29 is 45.3 Å². The molecule has 0 aromatic rings. The van der Waals surface area contributed by atoms with Gasteiger partial charge in [0.1, 0.15) is 0 Å². The number of aliphatic carboxylic acids is 2. The summed E-state index contributed by atoms with van der Waals surface area (Å²) in [4.78, 5) is 18.5. The SMILES string of the molecule is C=CC(=O)O.C=CC(=O)O.CCC(CO)(CO)CO.OCCCCCCO. The number of unbranched alkanes of at least 4 members (excludes halogenated alkanes) is 3. The number of aliphatic hydroxyl groups excluding tert-OH is 5. The Hall–Kier alpha value is -1.78. The van der Waals surface area contributed by atoms with Crippen LogP contribution in [0.4, 0.5) is 0 Å². The Balaban J connectivity index is -0.000000135. The lowest BCUT2D eigenvalue weighted by atomic mass is 9.88. The Morgan fingerprint density at radius 3 is 1.07 bits per heavy atom. The molecule has 0 spiro atoms. The van der Waals surface area contributed by atoms with Crippen molar-refractivity contribution in [2.45, 2.75) is 39.0 Å². The van der Waals surface area contributed by atoms with Gasteiger partial charge in [0.05, 0.1) is 19.8 Å². The monoisotopic (exact) mass is 396 g/mol. The van der Waals surface area contributed by atoms with E-state index in [-0.39, 0.29) is 33.0 Å². The van der Waals surface area contributed by atoms with E-state index in [1.165, 1.54) is 0 Å². The summed E-state index contributed by atoms with van der Waals surface area (Å²) in [6.07, 6.45) is 6.09. The van der Waals surface area contributed by atoms with E-state index in [1.54, 1.807) is 0 Å². The molecule has 0 aliphatic carbocycles. The maximum Gasteiger partial charge on any atom is 0.327 e. The highest BCUT2D eigenvalue weighted by atomic mass is 16.4. The van der Waals surface area contributed by atoms with E-state index >= 15 is 0 Å². The van der Waals surface area contributed by atoms with Gasteiger partial charge in [0.15, 0.2) is 0 Å². The predicted molar refractivity (Wildman–Crippen MR) is 102 cm³/mol. The summed E-state index contributed by atoms with van der Waals surface area (Å²) in [7, 11) is 0. The molecular weight excluding hydrogens is 360 g/mol. The number of aliphatic hydroxyl groups is 5. The molecule has 0 saturated heterocycles. The molecule has 0 heterocycles. The van der Waals surface area contributed by atoms with Gasteiger partial charge in [-0.15, -0.1) is 0 Å². The van der Waals surface area contributed by atoms with E-state index in [0.29, 0.717) is 6.42 Å². The number of carboxylic acid groups (broad SMARTS) is 2. The zero-order valence-corrected chi connectivity index (χ0v) is 16.1. The van der Waals surface area contributed by atoms with E-state index in [0.717, 1.165) is 37.8 Å². The molecule has 0 unspecified atom stereocenters. The van der Waals surface area contributed by atoms with E-state index in [2.05, 4.69) is 13.2 Å². The van der Waals surface area contributed by atoms with Crippen LogP contribution >= 0.6 is 0 Å². The molecule has 0 aromatic carbocycles. The number of carbonyl (C=O) groups is 2. The van der Waals surface area contributed by atoms with Crippen LogP contribution in [-0.2, 0) is 9.59 Å². The smallest absolute Gasteiger partial charge is 0.327 e. The molecule has 0 aliphatic rings. The lowest BCUT2D eigenvalue weighted by Gasteiger charge is -2.24. The number of hydrogen-bond acceptors (Lipinski definition) is 7. The van der Waals surface area contributed by atoms with E-state index < -0.39 is 17.4 Å². The molecule has 9 nitrogen and oxygen atoms in total. The third kappa shape index (κ3) is 32.4. The lowest BCUT2D eigenvalue weighted by molar-refractivity contribution is -0.132. The van der Waals surface area contributed by atoms with Crippen molar-refractivity contribution in [3.05, 3.63) is 25.3 Å². The molecule has 0 aliphatic heterocycles. The summed E-state index contributed by atoms with van der Waals surface area (Å²) < 4.78 is 0. The van der Waals surface area contributed by atoms with Gasteiger partial charge in [0.2, 0.25) is 0 Å². The van der Waals surface area contributed by atoms with Gasteiger partial charge in [-0.25, -0.2) is 9.59 Å². The minimum atomic E-state index is -0.981. The van der Waals surface area contributed by atoms with Crippen LogP contribution in [0.15, 0.2) is 25.3 Å². The molecule has 0 amide bonds. The van der Waals surface area contributed by atoms with Gasteiger partial charge < -0.3 is 35.7 Å². The molecule has 7 N–H and O–H groups in total. The van der Waals surface area contributed by atoms with Crippen LogP contribution in [0, 0.1) is 5.41 Å². The highest BCUT2D eigenvalue weighted by Crippen LogP contribution is 2.18. The summed E-state index contributed by atoms with van der Waals surface area (Å²) in [6, 6.07) is 0. The van der Waals surface area contributed by atoms with Crippen molar-refractivity contribution in [3.8, 4) is 0 Å². The Kier molecular flexibility index (Phi) is 32.2. The molecule has 27 heavy (non-hydrogen) atoms. The average Bonchev–Trinajstić information content (AvgIpc) is 2.69. The van der Waals surface area contributed by atoms with Gasteiger partial charge in [-0.2, -0.15) is 0 Å². The fourth-order valence-electron chi connectivity index (χ4n) is 1.06. The highest BCUT2D eigenvalue weighted by molar-refractivity contribution is 5.79. The Morgan fingerprint density at radius 2 is 1.00 bits per heavy atom. The first kappa shape index (κ1) is 32.9. The molecule has 0 saturated carbocycles. The third-order valence-corrected chi connectivity index (χ3v) is 3.17. The van der Waals surface area contributed by atoms with Crippen LogP contribution in [0.3, 0.4) is 0 Å². The van der Waals surface area contributed by atoms with Crippen molar-refractivity contribution in [2.75, 3.05) is 33.0 Å². The van der Waals surface area contributed by atoms with Crippen molar-refractivity contribution in [1.29, 1.82) is 0 Å². The maximum atomic E-state index is 9.25. The fourth-order valence-corrected chi connectivity index (χ4v) is 1.06.